The SMILES string of the molecule is C=CCCNC(=O)/C=C/C. The van der Waals surface area contributed by atoms with E-state index in [1.165, 1.54) is 6.08 Å². The number of amides is 1. The highest BCUT2D eigenvalue weighted by Gasteiger charge is 1.89. The van der Waals surface area contributed by atoms with E-state index in [2.05, 4.69) is 11.9 Å². The molecule has 1 N–H and O–H groups in total. The summed E-state index contributed by atoms with van der Waals surface area (Å²) in [6.45, 7) is 6.02. The summed E-state index contributed by atoms with van der Waals surface area (Å²) in [6, 6.07) is 0. The molecule has 0 bridgehead atoms. The number of carbonyl (C=O) groups excluding carboxylic acids is 1. The van der Waals surface area contributed by atoms with Gasteiger partial charge in [-0.15, -0.1) is 6.58 Å². The average molecular weight is 139 g/mol. The van der Waals surface area contributed by atoms with E-state index in [4.69, 9.17) is 0 Å². The van der Waals surface area contributed by atoms with Crippen LogP contribution in [0.4, 0.5) is 0 Å². The quantitative estimate of drug-likeness (QED) is 0.354. The first kappa shape index (κ1) is 8.95. The molecule has 0 heterocycles. The molecule has 10 heavy (non-hydrogen) atoms. The van der Waals surface area contributed by atoms with E-state index in [1.807, 2.05) is 6.92 Å². The molecule has 0 unspecified atom stereocenters. The van der Waals surface area contributed by atoms with Gasteiger partial charge >= 0.3 is 0 Å². The van der Waals surface area contributed by atoms with Crippen LogP contribution in [0.5, 0.6) is 0 Å². The van der Waals surface area contributed by atoms with E-state index >= 15 is 0 Å². The molecule has 0 rings (SSSR count). The van der Waals surface area contributed by atoms with Gasteiger partial charge in [0.1, 0.15) is 0 Å². The number of rotatable bonds is 4. The van der Waals surface area contributed by atoms with Gasteiger partial charge in [-0.3, -0.25) is 4.79 Å². The number of hydrogen-bond acceptors (Lipinski definition) is 1. The van der Waals surface area contributed by atoms with Crippen molar-refractivity contribution in [1.29, 1.82) is 0 Å². The van der Waals surface area contributed by atoms with E-state index < -0.39 is 0 Å². The Bertz CT molecular complexity index is 138. The van der Waals surface area contributed by atoms with Gasteiger partial charge in [0, 0.05) is 6.54 Å². The Morgan fingerprint density at radius 1 is 1.70 bits per heavy atom. The predicted molar refractivity (Wildman–Crippen MR) is 42.6 cm³/mol. The van der Waals surface area contributed by atoms with Gasteiger partial charge in [-0.05, 0) is 19.4 Å². The summed E-state index contributed by atoms with van der Waals surface area (Å²) in [5, 5.41) is 2.69. The molecule has 0 aliphatic carbocycles. The second-order valence-electron chi connectivity index (χ2n) is 1.87. The number of nitrogens with one attached hydrogen (secondary N) is 1. The first-order valence-electron chi connectivity index (χ1n) is 3.32. The van der Waals surface area contributed by atoms with Crippen molar-refractivity contribution in [3.63, 3.8) is 0 Å². The topological polar surface area (TPSA) is 29.1 Å². The fraction of sp³-hybridized carbons (Fsp3) is 0.375. The predicted octanol–water partition coefficient (Wildman–Crippen LogP) is 1.25. The van der Waals surface area contributed by atoms with Gasteiger partial charge in [0.05, 0.1) is 0 Å². The molecular formula is C8H13NO. The van der Waals surface area contributed by atoms with Crippen LogP contribution in [0.25, 0.3) is 0 Å². The van der Waals surface area contributed by atoms with Gasteiger partial charge in [-0.2, -0.15) is 0 Å². The second-order valence-corrected chi connectivity index (χ2v) is 1.87. The van der Waals surface area contributed by atoms with Crippen molar-refractivity contribution < 1.29 is 4.79 Å². The molecule has 0 fully saturated rings. The fourth-order valence-corrected chi connectivity index (χ4v) is 0.508. The highest BCUT2D eigenvalue weighted by atomic mass is 16.1. The van der Waals surface area contributed by atoms with Gasteiger partial charge < -0.3 is 5.32 Å². The normalized spacial score (nSPS) is 9.70. The van der Waals surface area contributed by atoms with Crippen molar-refractivity contribution in [2.45, 2.75) is 13.3 Å². The van der Waals surface area contributed by atoms with Crippen molar-refractivity contribution in [2.24, 2.45) is 0 Å². The molecule has 0 aromatic rings. The summed E-state index contributed by atoms with van der Waals surface area (Å²) < 4.78 is 0. The largest absolute Gasteiger partial charge is 0.352 e. The average Bonchev–Trinajstić information content (AvgIpc) is 1.89. The molecule has 0 saturated heterocycles. The van der Waals surface area contributed by atoms with E-state index in [9.17, 15) is 4.79 Å². The summed E-state index contributed by atoms with van der Waals surface area (Å²) in [7, 11) is 0. The molecule has 0 saturated carbocycles. The number of allylic oxidation sites excluding steroid dienone is 1. The lowest BCUT2D eigenvalue weighted by Gasteiger charge is -1.96. The molecule has 0 aliphatic rings. The molecule has 2 heteroatoms. The summed E-state index contributed by atoms with van der Waals surface area (Å²) in [6.07, 6.45) is 5.81. The minimum absolute atomic E-state index is 0.0376. The second kappa shape index (κ2) is 6.08. The van der Waals surface area contributed by atoms with Gasteiger partial charge in [0.2, 0.25) is 5.91 Å². The van der Waals surface area contributed by atoms with Gasteiger partial charge in [0.15, 0.2) is 0 Å². The van der Waals surface area contributed by atoms with Crippen molar-refractivity contribution in [2.75, 3.05) is 6.54 Å². The minimum atomic E-state index is -0.0376. The Labute approximate surface area is 61.6 Å². The lowest BCUT2D eigenvalue weighted by atomic mass is 10.4. The van der Waals surface area contributed by atoms with E-state index in [-0.39, 0.29) is 5.91 Å². The molecule has 0 aliphatic heterocycles. The first-order chi connectivity index (χ1) is 4.81. The Kier molecular flexibility index (Phi) is 5.44. The molecular weight excluding hydrogens is 126 g/mol. The molecule has 0 aromatic heterocycles. The highest BCUT2D eigenvalue weighted by molar-refractivity contribution is 5.87. The molecule has 1 amide bonds. The zero-order valence-electron chi connectivity index (χ0n) is 6.26. The van der Waals surface area contributed by atoms with Crippen molar-refractivity contribution in [3.8, 4) is 0 Å². The Hall–Kier alpha value is -1.05. The van der Waals surface area contributed by atoms with Gasteiger partial charge in [0.25, 0.3) is 0 Å². The van der Waals surface area contributed by atoms with Crippen molar-refractivity contribution in [1.82, 2.24) is 5.32 Å². The molecule has 0 atom stereocenters. The standard InChI is InChI=1S/C8H13NO/c1-3-5-7-9-8(10)6-4-2/h3-4,6H,1,5,7H2,2H3,(H,9,10)/b6-4+. The molecule has 0 spiro atoms. The lowest BCUT2D eigenvalue weighted by Crippen LogP contribution is -2.21. The van der Waals surface area contributed by atoms with Crippen LogP contribution >= 0.6 is 0 Å². The minimum Gasteiger partial charge on any atom is -0.352 e. The van der Waals surface area contributed by atoms with E-state index in [0.29, 0.717) is 6.54 Å². The molecule has 0 radical (unpaired) electrons. The number of carbonyl (C=O) groups is 1. The molecule has 56 valence electrons. The third-order valence-electron chi connectivity index (χ3n) is 0.966. The van der Waals surface area contributed by atoms with Crippen molar-refractivity contribution in [3.05, 3.63) is 24.8 Å². The molecule has 0 aromatic carbocycles. The summed E-state index contributed by atoms with van der Waals surface area (Å²) in [4.78, 5) is 10.7. The van der Waals surface area contributed by atoms with Gasteiger partial charge in [-0.1, -0.05) is 12.2 Å². The fourth-order valence-electron chi connectivity index (χ4n) is 0.508. The number of hydrogen-bond donors (Lipinski definition) is 1. The zero-order chi connectivity index (χ0) is 7.82. The van der Waals surface area contributed by atoms with Crippen LogP contribution in [-0.4, -0.2) is 12.5 Å². The maximum atomic E-state index is 10.7. The zero-order valence-corrected chi connectivity index (χ0v) is 6.26. The third-order valence-corrected chi connectivity index (χ3v) is 0.966. The van der Waals surface area contributed by atoms with Gasteiger partial charge in [-0.25, -0.2) is 0 Å². The summed E-state index contributed by atoms with van der Waals surface area (Å²) in [5.74, 6) is -0.0376. The summed E-state index contributed by atoms with van der Waals surface area (Å²) >= 11 is 0. The summed E-state index contributed by atoms with van der Waals surface area (Å²) in [5.41, 5.74) is 0. The smallest absolute Gasteiger partial charge is 0.243 e. The van der Waals surface area contributed by atoms with Crippen LogP contribution in [-0.2, 0) is 4.79 Å². The van der Waals surface area contributed by atoms with E-state index in [0.717, 1.165) is 6.42 Å². The lowest BCUT2D eigenvalue weighted by molar-refractivity contribution is -0.116. The maximum absolute atomic E-state index is 10.7. The van der Waals surface area contributed by atoms with Crippen LogP contribution in [0.1, 0.15) is 13.3 Å². The van der Waals surface area contributed by atoms with Crippen LogP contribution in [0, 0.1) is 0 Å². The van der Waals surface area contributed by atoms with Crippen LogP contribution in [0.3, 0.4) is 0 Å². The van der Waals surface area contributed by atoms with Crippen LogP contribution < -0.4 is 5.32 Å². The monoisotopic (exact) mass is 139 g/mol. The first-order valence-corrected chi connectivity index (χ1v) is 3.32. The Morgan fingerprint density at radius 2 is 2.40 bits per heavy atom. The van der Waals surface area contributed by atoms with Crippen LogP contribution in [0.15, 0.2) is 24.8 Å². The molecule has 2 nitrogen and oxygen atoms in total. The van der Waals surface area contributed by atoms with Crippen molar-refractivity contribution >= 4 is 5.91 Å². The van der Waals surface area contributed by atoms with E-state index in [1.54, 1.807) is 12.2 Å². The Balaban J connectivity index is 3.30. The maximum Gasteiger partial charge on any atom is 0.243 e. The highest BCUT2D eigenvalue weighted by Crippen LogP contribution is 1.76. The third kappa shape index (κ3) is 5.09. The van der Waals surface area contributed by atoms with Crippen LogP contribution in [0.2, 0.25) is 0 Å². The Morgan fingerprint density at radius 3 is 2.90 bits per heavy atom.